The largest absolute Gasteiger partial charge is 0.339 e. The van der Waals surface area contributed by atoms with Crippen LogP contribution in [0.4, 0.5) is 5.69 Å². The lowest BCUT2D eigenvalue weighted by Crippen LogP contribution is -2.42. The average Bonchev–Trinajstić information content (AvgIpc) is 3.30. The number of aryl methyl sites for hydroxylation is 2. The summed E-state index contributed by atoms with van der Waals surface area (Å²) in [6.07, 6.45) is 1.03. The molecule has 2 aliphatic rings. The Bertz CT molecular complexity index is 814. The molecule has 0 spiro atoms. The molecule has 1 aliphatic carbocycles. The Kier molecular flexibility index (Phi) is 5.10. The van der Waals surface area contributed by atoms with E-state index in [1.54, 1.807) is 4.90 Å². The van der Waals surface area contributed by atoms with Crippen LogP contribution in [0.15, 0.2) is 18.2 Å². The number of rotatable bonds is 5. The molecule has 6 nitrogen and oxygen atoms in total. The van der Waals surface area contributed by atoms with Gasteiger partial charge in [0.15, 0.2) is 9.84 Å². The lowest BCUT2D eigenvalue weighted by Gasteiger charge is -2.27. The lowest BCUT2D eigenvalue weighted by molar-refractivity contribution is -0.135. The van der Waals surface area contributed by atoms with E-state index in [-0.39, 0.29) is 41.2 Å². The van der Waals surface area contributed by atoms with Crippen molar-refractivity contribution >= 4 is 27.3 Å². The van der Waals surface area contributed by atoms with Crippen LogP contribution in [0, 0.1) is 25.7 Å². The van der Waals surface area contributed by atoms with Gasteiger partial charge in [0.25, 0.3) is 0 Å². The smallest absolute Gasteiger partial charge is 0.228 e. The third kappa shape index (κ3) is 3.77. The number of hydrogen-bond acceptors (Lipinski definition) is 4. The number of hydrogen-bond donors (Lipinski definition) is 1. The number of para-hydroxylation sites is 1. The highest BCUT2D eigenvalue weighted by Gasteiger charge is 2.51. The zero-order valence-corrected chi connectivity index (χ0v) is 16.3. The Morgan fingerprint density at radius 2 is 1.85 bits per heavy atom. The first-order chi connectivity index (χ1) is 12.2. The van der Waals surface area contributed by atoms with E-state index in [0.717, 1.165) is 16.8 Å². The molecule has 1 aromatic rings. The normalized spacial score (nSPS) is 26.3. The van der Waals surface area contributed by atoms with Crippen LogP contribution in [0.3, 0.4) is 0 Å². The lowest BCUT2D eigenvalue weighted by atomic mass is 10.1. The molecule has 0 aromatic heterocycles. The maximum atomic E-state index is 12.8. The quantitative estimate of drug-likeness (QED) is 0.848. The second-order valence-corrected chi connectivity index (χ2v) is 9.61. The fraction of sp³-hybridized carbons (Fsp3) is 0.579. The number of nitrogens with one attached hydrogen (secondary N) is 1. The highest BCUT2D eigenvalue weighted by atomic mass is 32.2. The molecule has 1 saturated heterocycles. The predicted molar refractivity (Wildman–Crippen MR) is 101 cm³/mol. The molecule has 1 heterocycles. The SMILES string of the molecule is CCN(C(=O)C1CC1C(=O)Nc1c(C)cccc1C)C1CCS(=O)(=O)C1. The maximum Gasteiger partial charge on any atom is 0.228 e. The van der Waals surface area contributed by atoms with Crippen LogP contribution in [0.2, 0.25) is 0 Å². The number of sulfone groups is 1. The zero-order chi connectivity index (χ0) is 19.1. The van der Waals surface area contributed by atoms with E-state index in [9.17, 15) is 18.0 Å². The van der Waals surface area contributed by atoms with Crippen LogP contribution >= 0.6 is 0 Å². The van der Waals surface area contributed by atoms with Gasteiger partial charge in [0.05, 0.1) is 23.3 Å². The van der Waals surface area contributed by atoms with E-state index in [4.69, 9.17) is 0 Å². The summed E-state index contributed by atoms with van der Waals surface area (Å²) in [5, 5.41) is 2.96. The van der Waals surface area contributed by atoms with Crippen molar-refractivity contribution in [1.82, 2.24) is 4.90 Å². The van der Waals surface area contributed by atoms with E-state index >= 15 is 0 Å². The minimum Gasteiger partial charge on any atom is -0.339 e. The summed E-state index contributed by atoms with van der Waals surface area (Å²) in [6, 6.07) is 5.58. The van der Waals surface area contributed by atoms with Crippen LogP contribution < -0.4 is 5.32 Å². The molecule has 2 fully saturated rings. The molecule has 2 amide bonds. The van der Waals surface area contributed by atoms with E-state index in [1.165, 1.54) is 0 Å². The van der Waals surface area contributed by atoms with Gasteiger partial charge in [-0.2, -0.15) is 0 Å². The summed E-state index contributed by atoms with van der Waals surface area (Å²) in [5.41, 5.74) is 2.80. The summed E-state index contributed by atoms with van der Waals surface area (Å²) in [5.74, 6) is -0.690. The minimum atomic E-state index is -3.04. The van der Waals surface area contributed by atoms with E-state index in [2.05, 4.69) is 5.32 Å². The van der Waals surface area contributed by atoms with E-state index in [1.807, 2.05) is 39.0 Å². The van der Waals surface area contributed by atoms with Crippen molar-refractivity contribution in [3.63, 3.8) is 0 Å². The minimum absolute atomic E-state index is 0.0402. The molecule has 1 N–H and O–H groups in total. The van der Waals surface area contributed by atoms with Crippen molar-refractivity contribution in [2.24, 2.45) is 11.8 Å². The summed E-state index contributed by atoms with van der Waals surface area (Å²) in [7, 11) is -3.04. The van der Waals surface area contributed by atoms with Gasteiger partial charge in [0.2, 0.25) is 11.8 Å². The van der Waals surface area contributed by atoms with Crippen LogP contribution in [-0.4, -0.2) is 49.2 Å². The van der Waals surface area contributed by atoms with Crippen LogP contribution in [0.5, 0.6) is 0 Å². The number of nitrogens with zero attached hydrogens (tertiary/aromatic N) is 1. The molecule has 1 aliphatic heterocycles. The van der Waals surface area contributed by atoms with E-state index < -0.39 is 9.84 Å². The molecule has 1 saturated carbocycles. The van der Waals surface area contributed by atoms with Crippen molar-refractivity contribution in [1.29, 1.82) is 0 Å². The topological polar surface area (TPSA) is 83.6 Å². The highest BCUT2D eigenvalue weighted by Crippen LogP contribution is 2.42. The Hall–Kier alpha value is -1.89. The Balaban J connectivity index is 1.63. The Labute approximate surface area is 154 Å². The van der Waals surface area contributed by atoms with Gasteiger partial charge in [-0.3, -0.25) is 9.59 Å². The van der Waals surface area contributed by atoms with Gasteiger partial charge in [-0.1, -0.05) is 18.2 Å². The van der Waals surface area contributed by atoms with Gasteiger partial charge < -0.3 is 10.2 Å². The number of benzene rings is 1. The number of carbonyl (C=O) groups excluding carboxylic acids is 2. The first-order valence-electron chi connectivity index (χ1n) is 9.11. The van der Waals surface area contributed by atoms with Crippen molar-refractivity contribution in [3.05, 3.63) is 29.3 Å². The van der Waals surface area contributed by atoms with Gasteiger partial charge >= 0.3 is 0 Å². The van der Waals surface area contributed by atoms with Gasteiger partial charge in [-0.25, -0.2) is 8.42 Å². The zero-order valence-electron chi connectivity index (χ0n) is 15.5. The molecule has 1 aromatic carbocycles. The third-order valence-electron chi connectivity index (χ3n) is 5.45. The standard InChI is InChI=1S/C19H26N2O4S/c1-4-21(14-8-9-26(24,25)11-14)19(23)16-10-15(16)18(22)20-17-12(2)6-5-7-13(17)3/h5-7,14-16H,4,8-11H2,1-3H3,(H,20,22). The molecule has 26 heavy (non-hydrogen) atoms. The summed E-state index contributed by atoms with van der Waals surface area (Å²) in [4.78, 5) is 27.0. The number of amides is 2. The number of carbonyl (C=O) groups is 2. The molecule has 3 rings (SSSR count). The highest BCUT2D eigenvalue weighted by molar-refractivity contribution is 7.91. The molecular weight excluding hydrogens is 352 g/mol. The van der Waals surface area contributed by atoms with Gasteiger partial charge in [0.1, 0.15) is 0 Å². The van der Waals surface area contributed by atoms with Crippen LogP contribution in [0.1, 0.15) is 30.9 Å². The maximum absolute atomic E-state index is 12.8. The Morgan fingerprint density at radius 1 is 1.19 bits per heavy atom. The van der Waals surface area contributed by atoms with Crippen molar-refractivity contribution in [2.45, 2.75) is 39.7 Å². The van der Waals surface area contributed by atoms with Gasteiger partial charge in [-0.15, -0.1) is 0 Å². The van der Waals surface area contributed by atoms with Crippen molar-refractivity contribution in [3.8, 4) is 0 Å². The van der Waals surface area contributed by atoms with E-state index in [0.29, 0.717) is 19.4 Å². The van der Waals surface area contributed by atoms with Crippen LogP contribution in [0.25, 0.3) is 0 Å². The first-order valence-corrected chi connectivity index (χ1v) is 10.9. The summed E-state index contributed by atoms with van der Waals surface area (Å²) >= 11 is 0. The average molecular weight is 378 g/mol. The molecule has 142 valence electrons. The predicted octanol–water partition coefficient (Wildman–Crippen LogP) is 1.91. The fourth-order valence-corrected chi connectivity index (χ4v) is 5.54. The van der Waals surface area contributed by atoms with Gasteiger partial charge in [-0.05, 0) is 44.7 Å². The molecule has 3 unspecified atom stereocenters. The Morgan fingerprint density at radius 3 is 2.38 bits per heavy atom. The van der Waals surface area contributed by atoms with Crippen molar-refractivity contribution in [2.75, 3.05) is 23.4 Å². The van der Waals surface area contributed by atoms with Crippen molar-refractivity contribution < 1.29 is 18.0 Å². The summed E-state index contributed by atoms with van der Waals surface area (Å²) in [6.45, 7) is 6.22. The second kappa shape index (κ2) is 7.02. The third-order valence-corrected chi connectivity index (χ3v) is 7.20. The first kappa shape index (κ1) is 18.9. The fourth-order valence-electron chi connectivity index (χ4n) is 3.81. The molecule has 0 radical (unpaired) electrons. The van der Waals surface area contributed by atoms with Gasteiger partial charge in [0, 0.05) is 18.3 Å². The monoisotopic (exact) mass is 378 g/mol. The van der Waals surface area contributed by atoms with Crippen LogP contribution in [-0.2, 0) is 19.4 Å². The summed E-state index contributed by atoms with van der Waals surface area (Å²) < 4.78 is 23.4. The molecule has 0 bridgehead atoms. The molecule has 7 heteroatoms. The molecular formula is C19H26N2O4S. The second-order valence-electron chi connectivity index (χ2n) is 7.39. The molecule has 3 atom stereocenters. The number of anilines is 1.